The fourth-order valence-electron chi connectivity index (χ4n) is 4.32. The number of hydrogen-bond acceptors (Lipinski definition) is 7. The summed E-state index contributed by atoms with van der Waals surface area (Å²) in [5.41, 5.74) is 1.73. The Kier molecular flexibility index (Phi) is 5.99. The zero-order valence-corrected chi connectivity index (χ0v) is 16.8. The zero-order valence-electron chi connectivity index (χ0n) is 16.8. The second kappa shape index (κ2) is 8.82. The van der Waals surface area contributed by atoms with Crippen LogP contribution in [0.5, 0.6) is 0 Å². The lowest BCUT2D eigenvalue weighted by Gasteiger charge is -2.41. The van der Waals surface area contributed by atoms with E-state index in [-0.39, 0.29) is 18.4 Å². The number of carbonyl (C=O) groups is 2. The highest BCUT2D eigenvalue weighted by molar-refractivity contribution is 5.83. The number of ether oxygens (including phenoxy) is 1. The van der Waals surface area contributed by atoms with Crippen molar-refractivity contribution in [1.29, 1.82) is 0 Å². The summed E-state index contributed by atoms with van der Waals surface area (Å²) in [5.74, 6) is -0.474. The van der Waals surface area contributed by atoms with Crippen LogP contribution in [-0.4, -0.2) is 67.6 Å². The molecule has 0 radical (unpaired) electrons. The minimum atomic E-state index is -0.415. The summed E-state index contributed by atoms with van der Waals surface area (Å²) in [5, 5.41) is 2.68. The maximum atomic E-state index is 12.2. The van der Waals surface area contributed by atoms with Gasteiger partial charge in [0.25, 0.3) is 6.01 Å². The van der Waals surface area contributed by atoms with Gasteiger partial charge in [0.1, 0.15) is 12.1 Å². The number of nitrogens with zero attached hydrogens (tertiary/aromatic N) is 3. The van der Waals surface area contributed by atoms with Crippen molar-refractivity contribution in [2.24, 2.45) is 5.92 Å². The Bertz CT molecular complexity index is 818. The summed E-state index contributed by atoms with van der Waals surface area (Å²) in [6.45, 7) is 3.64. The summed E-state index contributed by atoms with van der Waals surface area (Å²) in [6, 6.07) is 9.11. The molecule has 2 saturated heterocycles. The van der Waals surface area contributed by atoms with Crippen LogP contribution in [0.2, 0.25) is 0 Å². The molecule has 0 aliphatic carbocycles. The second-order valence-electron chi connectivity index (χ2n) is 7.79. The van der Waals surface area contributed by atoms with E-state index in [4.69, 9.17) is 4.42 Å². The third-order valence-corrected chi connectivity index (χ3v) is 6.07. The molecule has 3 heterocycles. The average Bonchev–Trinajstić information content (AvgIpc) is 3.22. The molecule has 2 aliphatic heterocycles. The minimum Gasteiger partial charge on any atom is -0.468 e. The standard InChI is InChI=1S/C21H28N4O4/c1-28-19(26)14-22-20(27)15-6-10-24(11-7-15)16-8-12-25(13-9-16)21-23-17-4-2-3-5-18(17)29-21/h2-5,15-16H,6-14H2,1H3,(H,22,27). The Morgan fingerprint density at radius 2 is 1.86 bits per heavy atom. The lowest BCUT2D eigenvalue weighted by Crippen LogP contribution is -2.49. The van der Waals surface area contributed by atoms with E-state index in [1.54, 1.807) is 0 Å². The van der Waals surface area contributed by atoms with Gasteiger partial charge < -0.3 is 24.3 Å². The van der Waals surface area contributed by atoms with Crippen molar-refractivity contribution in [2.75, 3.05) is 44.7 Å². The molecular formula is C21H28N4O4. The van der Waals surface area contributed by atoms with Crippen molar-refractivity contribution in [2.45, 2.75) is 31.7 Å². The summed E-state index contributed by atoms with van der Waals surface area (Å²) in [6.07, 6.45) is 3.80. The van der Waals surface area contributed by atoms with Gasteiger partial charge in [0, 0.05) is 25.0 Å². The number of likely N-dealkylation sites (tertiary alicyclic amines) is 1. The molecule has 2 aromatic rings. The van der Waals surface area contributed by atoms with Gasteiger partial charge in [-0.2, -0.15) is 4.98 Å². The predicted molar refractivity (Wildman–Crippen MR) is 109 cm³/mol. The van der Waals surface area contributed by atoms with E-state index < -0.39 is 5.97 Å². The van der Waals surface area contributed by atoms with Crippen LogP contribution >= 0.6 is 0 Å². The van der Waals surface area contributed by atoms with Crippen molar-refractivity contribution in [3.05, 3.63) is 24.3 Å². The first-order valence-corrected chi connectivity index (χ1v) is 10.3. The summed E-state index contributed by atoms with van der Waals surface area (Å²) in [7, 11) is 1.32. The molecule has 1 N–H and O–H groups in total. The monoisotopic (exact) mass is 400 g/mol. The van der Waals surface area contributed by atoms with Crippen molar-refractivity contribution in [3.63, 3.8) is 0 Å². The minimum absolute atomic E-state index is 0.0178. The Morgan fingerprint density at radius 3 is 2.55 bits per heavy atom. The molecule has 4 rings (SSSR count). The number of benzene rings is 1. The van der Waals surface area contributed by atoms with Crippen LogP contribution in [0.3, 0.4) is 0 Å². The van der Waals surface area contributed by atoms with E-state index in [1.165, 1.54) is 7.11 Å². The molecule has 0 spiro atoms. The van der Waals surface area contributed by atoms with Crippen molar-refractivity contribution in [3.8, 4) is 0 Å². The smallest absolute Gasteiger partial charge is 0.325 e. The molecule has 0 bridgehead atoms. The highest BCUT2D eigenvalue weighted by atomic mass is 16.5. The Labute approximate surface area is 170 Å². The van der Waals surface area contributed by atoms with Crippen molar-refractivity contribution < 1.29 is 18.7 Å². The summed E-state index contributed by atoms with van der Waals surface area (Å²) in [4.78, 5) is 32.7. The topological polar surface area (TPSA) is 87.9 Å². The zero-order chi connectivity index (χ0) is 20.2. The van der Waals surface area contributed by atoms with Gasteiger partial charge in [-0.1, -0.05) is 12.1 Å². The molecule has 1 aromatic heterocycles. The van der Waals surface area contributed by atoms with Crippen LogP contribution in [0.1, 0.15) is 25.7 Å². The molecule has 2 aliphatic rings. The Morgan fingerprint density at radius 1 is 1.14 bits per heavy atom. The number of hydrogen-bond donors (Lipinski definition) is 1. The number of amides is 1. The first kappa shape index (κ1) is 19.7. The van der Waals surface area contributed by atoms with Crippen LogP contribution in [-0.2, 0) is 14.3 Å². The van der Waals surface area contributed by atoms with Gasteiger partial charge in [-0.25, -0.2) is 0 Å². The van der Waals surface area contributed by atoms with E-state index in [0.717, 1.165) is 63.0 Å². The van der Waals surface area contributed by atoms with Gasteiger partial charge in [-0.3, -0.25) is 9.59 Å². The molecule has 1 aromatic carbocycles. The number of methoxy groups -OCH3 is 1. The molecule has 8 nitrogen and oxygen atoms in total. The molecule has 2 fully saturated rings. The number of fused-ring (bicyclic) bond motifs is 1. The second-order valence-corrected chi connectivity index (χ2v) is 7.79. The maximum Gasteiger partial charge on any atom is 0.325 e. The molecule has 1 amide bonds. The van der Waals surface area contributed by atoms with E-state index in [1.807, 2.05) is 24.3 Å². The number of rotatable bonds is 5. The van der Waals surface area contributed by atoms with Crippen LogP contribution in [0.4, 0.5) is 6.01 Å². The predicted octanol–water partition coefficient (Wildman–Crippen LogP) is 1.80. The fraction of sp³-hybridized carbons (Fsp3) is 0.571. The van der Waals surface area contributed by atoms with Crippen LogP contribution < -0.4 is 10.2 Å². The third kappa shape index (κ3) is 4.53. The highest BCUT2D eigenvalue weighted by Gasteiger charge is 2.31. The van der Waals surface area contributed by atoms with Gasteiger partial charge in [-0.15, -0.1) is 0 Å². The van der Waals surface area contributed by atoms with E-state index in [0.29, 0.717) is 12.1 Å². The number of piperidine rings is 2. The third-order valence-electron chi connectivity index (χ3n) is 6.07. The number of aromatic nitrogens is 1. The quantitative estimate of drug-likeness (QED) is 0.766. The SMILES string of the molecule is COC(=O)CNC(=O)C1CCN(C2CCN(c3nc4ccccc4o3)CC2)CC1. The molecule has 0 unspecified atom stereocenters. The number of esters is 1. The molecule has 29 heavy (non-hydrogen) atoms. The number of carbonyl (C=O) groups excluding carboxylic acids is 2. The first-order valence-electron chi connectivity index (χ1n) is 10.3. The lowest BCUT2D eigenvalue weighted by atomic mass is 9.93. The van der Waals surface area contributed by atoms with E-state index >= 15 is 0 Å². The van der Waals surface area contributed by atoms with Gasteiger partial charge >= 0.3 is 5.97 Å². The van der Waals surface area contributed by atoms with Crippen LogP contribution in [0.25, 0.3) is 11.1 Å². The van der Waals surface area contributed by atoms with Crippen molar-refractivity contribution in [1.82, 2.24) is 15.2 Å². The fourth-order valence-corrected chi connectivity index (χ4v) is 4.32. The van der Waals surface area contributed by atoms with Crippen LogP contribution in [0, 0.1) is 5.92 Å². The van der Waals surface area contributed by atoms with Gasteiger partial charge in [-0.05, 0) is 50.9 Å². The number of para-hydroxylation sites is 2. The number of nitrogens with one attached hydrogen (secondary N) is 1. The summed E-state index contributed by atoms with van der Waals surface area (Å²) >= 11 is 0. The first-order chi connectivity index (χ1) is 14.1. The molecule has 0 saturated carbocycles. The van der Waals surface area contributed by atoms with Gasteiger partial charge in [0.05, 0.1) is 7.11 Å². The van der Waals surface area contributed by atoms with E-state index in [9.17, 15) is 9.59 Å². The van der Waals surface area contributed by atoms with Crippen LogP contribution in [0.15, 0.2) is 28.7 Å². The highest BCUT2D eigenvalue weighted by Crippen LogP contribution is 2.28. The number of anilines is 1. The van der Waals surface area contributed by atoms with E-state index in [2.05, 4.69) is 24.8 Å². The maximum absolute atomic E-state index is 12.2. The van der Waals surface area contributed by atoms with Gasteiger partial charge in [0.15, 0.2) is 5.58 Å². The van der Waals surface area contributed by atoms with Gasteiger partial charge in [0.2, 0.25) is 5.91 Å². The molecular weight excluding hydrogens is 372 g/mol. The average molecular weight is 400 g/mol. The molecule has 8 heteroatoms. The lowest BCUT2D eigenvalue weighted by molar-refractivity contribution is -0.141. The Hall–Kier alpha value is -2.61. The molecule has 156 valence electrons. The number of oxazole rings is 1. The summed E-state index contributed by atoms with van der Waals surface area (Å²) < 4.78 is 10.5. The normalized spacial score (nSPS) is 19.4. The molecule has 0 atom stereocenters. The largest absolute Gasteiger partial charge is 0.468 e. The van der Waals surface area contributed by atoms with Crippen molar-refractivity contribution >= 4 is 29.0 Å². The Balaban J connectivity index is 1.23.